The molecule has 0 bridgehead atoms. The second-order valence-corrected chi connectivity index (χ2v) is 3.70. The summed E-state index contributed by atoms with van der Waals surface area (Å²) >= 11 is 0. The molecular weight excluding hydrogens is 220 g/mol. The minimum atomic E-state index is -0.245. The van der Waals surface area contributed by atoms with Crippen molar-refractivity contribution in [3.63, 3.8) is 0 Å². The molecule has 0 aliphatic heterocycles. The zero-order chi connectivity index (χ0) is 12.7. The van der Waals surface area contributed by atoms with Crippen LogP contribution in [0, 0.1) is 6.92 Å². The van der Waals surface area contributed by atoms with Gasteiger partial charge >= 0.3 is 5.97 Å². The summed E-state index contributed by atoms with van der Waals surface area (Å²) in [6.07, 6.45) is 1.74. The number of ether oxygens (including phenoxy) is 1. The summed E-state index contributed by atoms with van der Waals surface area (Å²) in [5.74, 6) is 0.485. The number of nitrogens with zero attached hydrogens (tertiary/aromatic N) is 2. The molecule has 0 unspecified atom stereocenters. The molecule has 0 aliphatic carbocycles. The van der Waals surface area contributed by atoms with Gasteiger partial charge < -0.3 is 9.26 Å². The van der Waals surface area contributed by atoms with Gasteiger partial charge in [0.05, 0.1) is 25.4 Å². The van der Waals surface area contributed by atoms with E-state index in [-0.39, 0.29) is 12.5 Å². The van der Waals surface area contributed by atoms with E-state index in [2.05, 4.69) is 11.7 Å². The van der Waals surface area contributed by atoms with Gasteiger partial charge in [-0.3, -0.25) is 9.69 Å². The van der Waals surface area contributed by atoms with Gasteiger partial charge in [0.1, 0.15) is 0 Å². The maximum atomic E-state index is 11.4. The smallest absolute Gasteiger partial charge is 0.320 e. The van der Waals surface area contributed by atoms with Gasteiger partial charge in [-0.05, 0) is 13.8 Å². The van der Waals surface area contributed by atoms with E-state index in [0.29, 0.717) is 19.7 Å². The topological polar surface area (TPSA) is 55.6 Å². The largest absolute Gasteiger partial charge is 0.465 e. The summed E-state index contributed by atoms with van der Waals surface area (Å²) in [5.41, 5.74) is 0.828. The van der Waals surface area contributed by atoms with Crippen molar-refractivity contribution in [2.75, 3.05) is 19.7 Å². The monoisotopic (exact) mass is 238 g/mol. The van der Waals surface area contributed by atoms with Crippen LogP contribution in [0.4, 0.5) is 0 Å². The maximum Gasteiger partial charge on any atom is 0.320 e. The van der Waals surface area contributed by atoms with Crippen LogP contribution in [-0.2, 0) is 16.1 Å². The number of hydrogen-bond donors (Lipinski definition) is 0. The summed E-state index contributed by atoms with van der Waals surface area (Å²) in [4.78, 5) is 13.3. The molecule has 0 N–H and O–H groups in total. The first kappa shape index (κ1) is 13.4. The average Bonchev–Trinajstić information content (AvgIpc) is 2.64. The number of carbonyl (C=O) groups excluding carboxylic acids is 1. The summed E-state index contributed by atoms with van der Waals surface area (Å²) in [7, 11) is 0. The standard InChI is InChI=1S/C12H18N2O3/c1-4-6-14(9-12(15)16-5-2)8-11-7-10(3)13-17-11/h4,7H,1,5-6,8-9H2,2-3H3. The van der Waals surface area contributed by atoms with Crippen LogP contribution in [0.2, 0.25) is 0 Å². The highest BCUT2D eigenvalue weighted by Gasteiger charge is 2.13. The fraction of sp³-hybridized carbons (Fsp3) is 0.500. The molecule has 1 rings (SSSR count). The molecule has 0 aromatic carbocycles. The molecule has 0 aliphatic rings. The Morgan fingerprint density at radius 1 is 1.71 bits per heavy atom. The molecule has 0 atom stereocenters. The molecule has 0 amide bonds. The number of carbonyl (C=O) groups is 1. The van der Waals surface area contributed by atoms with Crippen molar-refractivity contribution in [2.45, 2.75) is 20.4 Å². The predicted octanol–water partition coefficient (Wildman–Crippen LogP) is 1.53. The lowest BCUT2D eigenvalue weighted by Crippen LogP contribution is -2.30. The van der Waals surface area contributed by atoms with Gasteiger partial charge in [0, 0.05) is 12.6 Å². The van der Waals surface area contributed by atoms with Crippen LogP contribution >= 0.6 is 0 Å². The lowest BCUT2D eigenvalue weighted by molar-refractivity contribution is -0.144. The SMILES string of the molecule is C=CCN(CC(=O)OCC)Cc1cc(C)no1. The maximum absolute atomic E-state index is 11.4. The van der Waals surface area contributed by atoms with E-state index in [1.165, 1.54) is 0 Å². The van der Waals surface area contributed by atoms with Crippen LogP contribution in [0.15, 0.2) is 23.2 Å². The van der Waals surface area contributed by atoms with Crippen molar-refractivity contribution in [1.82, 2.24) is 10.1 Å². The van der Waals surface area contributed by atoms with E-state index in [9.17, 15) is 4.79 Å². The van der Waals surface area contributed by atoms with E-state index < -0.39 is 0 Å². The van der Waals surface area contributed by atoms with Crippen molar-refractivity contribution < 1.29 is 14.1 Å². The fourth-order valence-corrected chi connectivity index (χ4v) is 1.47. The number of aromatic nitrogens is 1. The van der Waals surface area contributed by atoms with Crippen LogP contribution < -0.4 is 0 Å². The Balaban J connectivity index is 2.53. The van der Waals surface area contributed by atoms with E-state index in [1.807, 2.05) is 17.9 Å². The summed E-state index contributed by atoms with van der Waals surface area (Å²) in [5, 5.41) is 3.80. The Labute approximate surface area is 101 Å². The van der Waals surface area contributed by atoms with Crippen molar-refractivity contribution in [2.24, 2.45) is 0 Å². The molecule has 1 aromatic heterocycles. The van der Waals surface area contributed by atoms with Crippen LogP contribution in [-0.4, -0.2) is 35.7 Å². The van der Waals surface area contributed by atoms with Gasteiger partial charge in [-0.2, -0.15) is 0 Å². The van der Waals surface area contributed by atoms with Gasteiger partial charge in [0.25, 0.3) is 0 Å². The second kappa shape index (κ2) is 6.85. The molecule has 0 radical (unpaired) electrons. The quantitative estimate of drug-likeness (QED) is 0.532. The molecular formula is C12H18N2O3. The number of hydrogen-bond acceptors (Lipinski definition) is 5. The molecule has 1 heterocycles. The predicted molar refractivity (Wildman–Crippen MR) is 63.3 cm³/mol. The van der Waals surface area contributed by atoms with Crippen LogP contribution in [0.3, 0.4) is 0 Å². The van der Waals surface area contributed by atoms with Crippen LogP contribution in [0.25, 0.3) is 0 Å². The van der Waals surface area contributed by atoms with Crippen molar-refractivity contribution in [3.8, 4) is 0 Å². The highest BCUT2D eigenvalue weighted by molar-refractivity contribution is 5.71. The lowest BCUT2D eigenvalue weighted by Gasteiger charge is -2.17. The minimum absolute atomic E-state index is 0.222. The first-order valence-electron chi connectivity index (χ1n) is 5.56. The molecule has 17 heavy (non-hydrogen) atoms. The summed E-state index contributed by atoms with van der Waals surface area (Å²) in [6.45, 7) is 9.03. The molecule has 1 aromatic rings. The number of esters is 1. The zero-order valence-corrected chi connectivity index (χ0v) is 10.3. The van der Waals surface area contributed by atoms with E-state index in [0.717, 1.165) is 11.5 Å². The van der Waals surface area contributed by atoms with E-state index in [1.54, 1.807) is 13.0 Å². The molecule has 0 saturated heterocycles. The Kier molecular flexibility index (Phi) is 5.42. The molecule has 94 valence electrons. The molecule has 5 heteroatoms. The third-order valence-electron chi connectivity index (χ3n) is 2.10. The van der Waals surface area contributed by atoms with Crippen LogP contribution in [0.5, 0.6) is 0 Å². The highest BCUT2D eigenvalue weighted by Crippen LogP contribution is 2.06. The van der Waals surface area contributed by atoms with Gasteiger partial charge in [0.2, 0.25) is 0 Å². The van der Waals surface area contributed by atoms with E-state index >= 15 is 0 Å². The van der Waals surface area contributed by atoms with Crippen molar-refractivity contribution >= 4 is 5.97 Å². The second-order valence-electron chi connectivity index (χ2n) is 3.70. The summed E-state index contributed by atoms with van der Waals surface area (Å²) in [6, 6.07) is 1.85. The van der Waals surface area contributed by atoms with Gasteiger partial charge in [-0.15, -0.1) is 6.58 Å². The Morgan fingerprint density at radius 2 is 2.47 bits per heavy atom. The Hall–Kier alpha value is -1.62. The molecule has 0 spiro atoms. The Morgan fingerprint density at radius 3 is 3.00 bits per heavy atom. The first-order valence-corrected chi connectivity index (χ1v) is 5.56. The molecule has 0 fully saturated rings. The highest BCUT2D eigenvalue weighted by atomic mass is 16.5. The number of aryl methyl sites for hydroxylation is 1. The van der Waals surface area contributed by atoms with Crippen molar-refractivity contribution in [3.05, 3.63) is 30.2 Å². The first-order chi connectivity index (χ1) is 8.15. The van der Waals surface area contributed by atoms with Crippen molar-refractivity contribution in [1.29, 1.82) is 0 Å². The lowest BCUT2D eigenvalue weighted by atomic mass is 10.3. The zero-order valence-electron chi connectivity index (χ0n) is 10.3. The van der Waals surface area contributed by atoms with Gasteiger partial charge in [-0.1, -0.05) is 11.2 Å². The van der Waals surface area contributed by atoms with Gasteiger partial charge in [0.15, 0.2) is 5.76 Å². The number of rotatable bonds is 7. The third kappa shape index (κ3) is 4.82. The fourth-order valence-electron chi connectivity index (χ4n) is 1.47. The average molecular weight is 238 g/mol. The molecule has 5 nitrogen and oxygen atoms in total. The molecule has 0 saturated carbocycles. The normalized spacial score (nSPS) is 10.5. The Bertz CT molecular complexity index is 374. The van der Waals surface area contributed by atoms with Gasteiger partial charge in [-0.25, -0.2) is 0 Å². The minimum Gasteiger partial charge on any atom is -0.465 e. The third-order valence-corrected chi connectivity index (χ3v) is 2.10. The van der Waals surface area contributed by atoms with Crippen LogP contribution in [0.1, 0.15) is 18.4 Å². The summed E-state index contributed by atoms with van der Waals surface area (Å²) < 4.78 is 10.0. The van der Waals surface area contributed by atoms with E-state index in [4.69, 9.17) is 9.26 Å².